The number of anilines is 3. The van der Waals surface area contributed by atoms with E-state index in [1.54, 1.807) is 17.2 Å². The Labute approximate surface area is 274 Å². The van der Waals surface area contributed by atoms with Gasteiger partial charge >= 0.3 is 12.1 Å². The first-order valence-corrected chi connectivity index (χ1v) is 15.9. The number of carbonyl (C=O) groups excluding carboxylic acids is 2. The SMILES string of the molecule is Cc1ccc(N2N=C(C(C)(C)C)CC2NC(=O)Nc2ccc(OCc3ccnc(NC(=O)N4CCOCC4)c3)c3ccccc23)cc1. The largest absolute Gasteiger partial charge is 0.488 e. The number of morpholine rings is 1. The number of nitrogens with zero attached hydrogens (tertiary/aromatic N) is 4. The molecule has 1 saturated heterocycles. The fourth-order valence-corrected chi connectivity index (χ4v) is 5.58. The zero-order chi connectivity index (χ0) is 33.0. The van der Waals surface area contributed by atoms with Crippen molar-refractivity contribution in [1.29, 1.82) is 0 Å². The molecule has 4 amide bonds. The van der Waals surface area contributed by atoms with Crippen LogP contribution < -0.4 is 25.7 Å². The Kier molecular flexibility index (Phi) is 9.26. The van der Waals surface area contributed by atoms with Gasteiger partial charge in [-0.05, 0) is 48.9 Å². The fourth-order valence-electron chi connectivity index (χ4n) is 5.58. The zero-order valence-electron chi connectivity index (χ0n) is 27.2. The number of hydrazone groups is 1. The van der Waals surface area contributed by atoms with Crippen LogP contribution in [-0.4, -0.2) is 60.1 Å². The van der Waals surface area contributed by atoms with E-state index in [0.717, 1.165) is 33.3 Å². The monoisotopic (exact) mass is 635 g/mol. The highest BCUT2D eigenvalue weighted by molar-refractivity contribution is 6.04. The van der Waals surface area contributed by atoms with Crippen molar-refractivity contribution in [3.8, 4) is 5.75 Å². The number of fused-ring (bicyclic) bond motifs is 1. The van der Waals surface area contributed by atoms with Crippen LogP contribution in [0.15, 0.2) is 84.1 Å². The minimum Gasteiger partial charge on any atom is -0.488 e. The second-order valence-corrected chi connectivity index (χ2v) is 12.8. The Bertz CT molecular complexity index is 1780. The number of amides is 4. The first kappa shape index (κ1) is 31.8. The highest BCUT2D eigenvalue weighted by Gasteiger charge is 2.34. The molecule has 1 aromatic heterocycles. The first-order chi connectivity index (χ1) is 22.6. The molecule has 1 fully saturated rings. The zero-order valence-corrected chi connectivity index (χ0v) is 27.2. The van der Waals surface area contributed by atoms with Gasteiger partial charge in [-0.25, -0.2) is 19.6 Å². The average molecular weight is 636 g/mol. The Morgan fingerprint density at radius 2 is 1.70 bits per heavy atom. The summed E-state index contributed by atoms with van der Waals surface area (Å²) >= 11 is 0. The molecule has 0 aliphatic carbocycles. The third-order valence-electron chi connectivity index (χ3n) is 8.26. The molecule has 0 bridgehead atoms. The molecular weight excluding hydrogens is 594 g/mol. The van der Waals surface area contributed by atoms with E-state index >= 15 is 0 Å². The van der Waals surface area contributed by atoms with Crippen LogP contribution in [0.4, 0.5) is 26.8 Å². The molecule has 1 unspecified atom stereocenters. The van der Waals surface area contributed by atoms with Crippen molar-refractivity contribution in [2.75, 3.05) is 41.9 Å². The summed E-state index contributed by atoms with van der Waals surface area (Å²) in [6.07, 6.45) is 1.94. The molecule has 244 valence electrons. The van der Waals surface area contributed by atoms with E-state index < -0.39 is 0 Å². The predicted octanol–water partition coefficient (Wildman–Crippen LogP) is 6.75. The van der Waals surface area contributed by atoms with E-state index in [0.29, 0.717) is 50.0 Å². The van der Waals surface area contributed by atoms with Gasteiger partial charge in [0.1, 0.15) is 24.3 Å². The highest BCUT2D eigenvalue weighted by atomic mass is 16.5. The van der Waals surface area contributed by atoms with Crippen molar-refractivity contribution < 1.29 is 19.1 Å². The molecular formula is C36H41N7O4. The van der Waals surface area contributed by atoms with Crippen LogP contribution in [-0.2, 0) is 11.3 Å². The van der Waals surface area contributed by atoms with Crippen LogP contribution in [0.5, 0.6) is 5.75 Å². The van der Waals surface area contributed by atoms with E-state index in [1.807, 2.05) is 78.7 Å². The standard InChI is InChI=1S/C36H41N7O4/c1-24-9-11-26(12-10-24)43-33(22-31(41-43)36(2,3)4)40-34(44)38-29-13-14-30(28-8-6-5-7-27(28)29)47-23-25-15-16-37-32(21-25)39-35(45)42-17-19-46-20-18-42/h5-16,21,33H,17-20,22-23H2,1-4H3,(H,37,39,45)(H2,38,40,44). The molecule has 11 nitrogen and oxygen atoms in total. The van der Waals surface area contributed by atoms with E-state index in [2.05, 4.69) is 41.7 Å². The average Bonchev–Trinajstić information content (AvgIpc) is 3.49. The number of nitrogens with one attached hydrogen (secondary N) is 3. The highest BCUT2D eigenvalue weighted by Crippen LogP contribution is 2.33. The number of aromatic nitrogens is 1. The lowest BCUT2D eigenvalue weighted by atomic mass is 9.88. The van der Waals surface area contributed by atoms with Crippen LogP contribution >= 0.6 is 0 Å². The summed E-state index contributed by atoms with van der Waals surface area (Å²) in [4.78, 5) is 32.0. The Balaban J connectivity index is 1.13. The molecule has 3 aromatic carbocycles. The van der Waals surface area contributed by atoms with E-state index in [4.69, 9.17) is 14.6 Å². The molecule has 3 heterocycles. The minimum absolute atomic E-state index is 0.128. The quantitative estimate of drug-likeness (QED) is 0.207. The molecule has 1 atom stereocenters. The molecule has 4 aromatic rings. The summed E-state index contributed by atoms with van der Waals surface area (Å²) in [7, 11) is 0. The second-order valence-electron chi connectivity index (χ2n) is 12.8. The number of carbonyl (C=O) groups is 2. The van der Waals surface area contributed by atoms with Crippen LogP contribution in [0.3, 0.4) is 0 Å². The topological polar surface area (TPSA) is 120 Å². The lowest BCUT2D eigenvalue weighted by molar-refractivity contribution is 0.0564. The third kappa shape index (κ3) is 7.63. The Hall–Kier alpha value is -5.16. The van der Waals surface area contributed by atoms with Gasteiger partial charge in [0, 0.05) is 47.6 Å². The van der Waals surface area contributed by atoms with Gasteiger partial charge in [0.15, 0.2) is 0 Å². The van der Waals surface area contributed by atoms with Crippen molar-refractivity contribution in [3.05, 3.63) is 90.1 Å². The smallest absolute Gasteiger partial charge is 0.323 e. The number of ether oxygens (including phenoxy) is 2. The predicted molar refractivity (Wildman–Crippen MR) is 185 cm³/mol. The minimum atomic E-state index is -0.329. The van der Waals surface area contributed by atoms with Gasteiger partial charge in [-0.1, -0.05) is 62.7 Å². The molecule has 47 heavy (non-hydrogen) atoms. The Morgan fingerprint density at radius 3 is 2.45 bits per heavy atom. The van der Waals surface area contributed by atoms with E-state index in [1.165, 1.54) is 0 Å². The normalized spacial score (nSPS) is 16.5. The summed E-state index contributed by atoms with van der Waals surface area (Å²) in [6.45, 7) is 10.9. The number of urea groups is 2. The van der Waals surface area contributed by atoms with Gasteiger partial charge in [-0.3, -0.25) is 5.32 Å². The summed E-state index contributed by atoms with van der Waals surface area (Å²) in [5.74, 6) is 1.13. The number of rotatable bonds is 7. The first-order valence-electron chi connectivity index (χ1n) is 15.9. The lowest BCUT2D eigenvalue weighted by Crippen LogP contribution is -2.45. The molecule has 0 saturated carbocycles. The number of aryl methyl sites for hydroxylation is 1. The van der Waals surface area contributed by atoms with Gasteiger partial charge < -0.3 is 25.0 Å². The third-order valence-corrected chi connectivity index (χ3v) is 8.26. The summed E-state index contributed by atoms with van der Waals surface area (Å²) in [5.41, 5.74) is 4.50. The molecule has 2 aliphatic heterocycles. The molecule has 11 heteroatoms. The fraction of sp³-hybridized carbons (Fsp3) is 0.333. The molecule has 6 rings (SSSR count). The van der Waals surface area contributed by atoms with Gasteiger partial charge in [0.2, 0.25) is 0 Å². The maximum Gasteiger partial charge on any atom is 0.323 e. The molecule has 0 spiro atoms. The number of benzene rings is 3. The molecule has 3 N–H and O–H groups in total. The number of pyridine rings is 1. The van der Waals surface area contributed by atoms with Crippen molar-refractivity contribution >= 4 is 45.7 Å². The summed E-state index contributed by atoms with van der Waals surface area (Å²) in [6, 6.07) is 22.8. The number of hydrogen-bond acceptors (Lipinski definition) is 7. The van der Waals surface area contributed by atoms with Crippen molar-refractivity contribution in [2.24, 2.45) is 10.5 Å². The van der Waals surface area contributed by atoms with Gasteiger partial charge in [0.25, 0.3) is 0 Å². The van der Waals surface area contributed by atoms with Gasteiger partial charge in [0.05, 0.1) is 24.6 Å². The van der Waals surface area contributed by atoms with Crippen LogP contribution in [0.25, 0.3) is 10.8 Å². The summed E-state index contributed by atoms with van der Waals surface area (Å²) < 4.78 is 11.6. The second kappa shape index (κ2) is 13.7. The van der Waals surface area contributed by atoms with E-state index in [9.17, 15) is 9.59 Å². The van der Waals surface area contributed by atoms with Gasteiger partial charge in [-0.15, -0.1) is 0 Å². The maximum atomic E-state index is 13.4. The van der Waals surface area contributed by atoms with Crippen molar-refractivity contribution in [2.45, 2.75) is 46.9 Å². The molecule has 0 radical (unpaired) electrons. The van der Waals surface area contributed by atoms with Crippen LogP contribution in [0, 0.1) is 12.3 Å². The van der Waals surface area contributed by atoms with Crippen LogP contribution in [0.2, 0.25) is 0 Å². The molecule has 2 aliphatic rings. The number of hydrogen-bond donors (Lipinski definition) is 3. The van der Waals surface area contributed by atoms with E-state index in [-0.39, 0.29) is 30.2 Å². The van der Waals surface area contributed by atoms with Crippen LogP contribution in [0.1, 0.15) is 38.3 Å². The van der Waals surface area contributed by atoms with Crippen molar-refractivity contribution in [1.82, 2.24) is 15.2 Å². The lowest BCUT2D eigenvalue weighted by Gasteiger charge is -2.26. The van der Waals surface area contributed by atoms with Crippen molar-refractivity contribution in [3.63, 3.8) is 0 Å². The Morgan fingerprint density at radius 1 is 0.957 bits per heavy atom. The summed E-state index contributed by atoms with van der Waals surface area (Å²) in [5, 5.41) is 17.6. The maximum absolute atomic E-state index is 13.4. The van der Waals surface area contributed by atoms with Gasteiger partial charge in [-0.2, -0.15) is 5.10 Å².